The second kappa shape index (κ2) is 10.2. The molecule has 2 aromatic carbocycles. The number of sulfone groups is 1. The number of nitrogens with one attached hydrogen (secondary N) is 2. The monoisotopic (exact) mass is 472 g/mol. The lowest BCUT2D eigenvalue weighted by Crippen LogP contribution is -2.22. The Balaban J connectivity index is 1.56. The van der Waals surface area contributed by atoms with E-state index in [4.69, 9.17) is 0 Å². The predicted octanol–water partition coefficient (Wildman–Crippen LogP) is 3.74. The van der Waals surface area contributed by atoms with Gasteiger partial charge in [0.15, 0.2) is 9.84 Å². The lowest BCUT2D eigenvalue weighted by atomic mass is 10.2. The third-order valence-electron chi connectivity index (χ3n) is 4.30. The number of carbonyl (C=O) groups excluding carboxylic acids is 1. The van der Waals surface area contributed by atoms with Crippen molar-refractivity contribution < 1.29 is 18.1 Å². The third kappa shape index (κ3) is 6.53. The Kier molecular flexibility index (Phi) is 7.44. The van der Waals surface area contributed by atoms with Crippen LogP contribution in [0, 0.1) is 10.1 Å². The summed E-state index contributed by atoms with van der Waals surface area (Å²) in [6.07, 6.45) is 4.51. The first-order valence-corrected chi connectivity index (χ1v) is 12.2. The maximum atomic E-state index is 12.2. The average Bonchev–Trinajstić information content (AvgIpc) is 2.77. The number of rotatable bonds is 9. The van der Waals surface area contributed by atoms with Crippen LogP contribution < -0.4 is 10.6 Å². The summed E-state index contributed by atoms with van der Waals surface area (Å²) in [6.45, 7) is -0.226. The molecule has 0 aliphatic carbocycles. The Morgan fingerprint density at radius 3 is 2.53 bits per heavy atom. The molecule has 0 aliphatic heterocycles. The van der Waals surface area contributed by atoms with E-state index in [1.54, 1.807) is 30.1 Å². The number of nitro groups is 1. The fourth-order valence-corrected chi connectivity index (χ4v) is 4.18. The van der Waals surface area contributed by atoms with Crippen LogP contribution in [0.3, 0.4) is 0 Å². The molecule has 3 rings (SSSR count). The van der Waals surface area contributed by atoms with Gasteiger partial charge < -0.3 is 10.6 Å². The van der Waals surface area contributed by atoms with Crippen molar-refractivity contribution >= 4 is 44.6 Å². The summed E-state index contributed by atoms with van der Waals surface area (Å²) in [4.78, 5) is 27.8. The minimum absolute atomic E-state index is 0.0553. The number of hydrogen-bond donors (Lipinski definition) is 2. The highest BCUT2D eigenvalue weighted by atomic mass is 32.2. The third-order valence-corrected chi connectivity index (χ3v) is 6.49. The molecule has 0 bridgehead atoms. The summed E-state index contributed by atoms with van der Waals surface area (Å²) in [5, 5.41) is 16.7. The van der Waals surface area contributed by atoms with E-state index in [2.05, 4.69) is 15.6 Å². The zero-order valence-corrected chi connectivity index (χ0v) is 18.7. The molecule has 2 N–H and O–H groups in total. The first-order valence-electron chi connectivity index (χ1n) is 9.36. The summed E-state index contributed by atoms with van der Waals surface area (Å²) in [5.74, 6) is 0.377. The highest BCUT2D eigenvalue weighted by Crippen LogP contribution is 2.27. The number of aromatic nitrogens is 1. The zero-order chi connectivity index (χ0) is 23.1. The van der Waals surface area contributed by atoms with Gasteiger partial charge in [-0.25, -0.2) is 8.42 Å². The lowest BCUT2D eigenvalue weighted by Gasteiger charge is -2.10. The summed E-state index contributed by atoms with van der Waals surface area (Å²) in [7, 11) is -3.59. The number of pyridine rings is 1. The number of amides is 1. The second-order valence-electron chi connectivity index (χ2n) is 6.78. The van der Waals surface area contributed by atoms with E-state index in [9.17, 15) is 23.3 Å². The molecule has 0 aliphatic rings. The number of carbonyl (C=O) groups is 1. The number of thioether (sulfide) groups is 1. The molecule has 1 aromatic heterocycles. The molecule has 0 spiro atoms. The minimum atomic E-state index is -3.59. The molecule has 0 fully saturated rings. The Hall–Kier alpha value is -3.44. The van der Waals surface area contributed by atoms with E-state index in [-0.39, 0.29) is 17.1 Å². The molecule has 0 saturated heterocycles. The van der Waals surface area contributed by atoms with Gasteiger partial charge in [0.1, 0.15) is 5.69 Å². The predicted molar refractivity (Wildman–Crippen MR) is 124 cm³/mol. The fourth-order valence-electron chi connectivity index (χ4n) is 2.71. The van der Waals surface area contributed by atoms with E-state index in [1.807, 2.05) is 30.5 Å². The van der Waals surface area contributed by atoms with Gasteiger partial charge in [0.05, 0.1) is 16.4 Å². The standard InChI is InChI=1S/C21H20N4O5S2/c1-32(29,30)18-8-9-19(20(11-18)25(27)28)23-13-21(26)24-16-4-6-17(7-5-16)31-14-15-3-2-10-22-12-15/h2-12,23H,13-14H2,1H3,(H,24,26). The topological polar surface area (TPSA) is 131 Å². The van der Waals surface area contributed by atoms with E-state index in [1.165, 1.54) is 12.1 Å². The van der Waals surface area contributed by atoms with Gasteiger partial charge in [-0.15, -0.1) is 11.8 Å². The maximum Gasteiger partial charge on any atom is 0.293 e. The van der Waals surface area contributed by atoms with Gasteiger partial charge in [0.2, 0.25) is 5.91 Å². The molecule has 0 atom stereocenters. The van der Waals surface area contributed by atoms with Crippen molar-refractivity contribution in [3.05, 3.63) is 82.7 Å². The molecule has 0 saturated carbocycles. The van der Waals surface area contributed by atoms with Gasteiger partial charge in [0, 0.05) is 41.1 Å². The quantitative estimate of drug-likeness (QED) is 0.274. The minimum Gasteiger partial charge on any atom is -0.371 e. The van der Waals surface area contributed by atoms with Gasteiger partial charge in [0.25, 0.3) is 5.69 Å². The number of nitrogens with zero attached hydrogens (tertiary/aromatic N) is 2. The molecule has 3 aromatic rings. The molecule has 11 heteroatoms. The molecule has 1 amide bonds. The molecular formula is C21H20N4O5S2. The molecule has 0 radical (unpaired) electrons. The number of hydrogen-bond acceptors (Lipinski definition) is 8. The van der Waals surface area contributed by atoms with E-state index < -0.39 is 26.4 Å². The summed E-state index contributed by atoms with van der Waals surface area (Å²) < 4.78 is 23.2. The zero-order valence-electron chi connectivity index (χ0n) is 17.0. The summed E-state index contributed by atoms with van der Waals surface area (Å²) in [6, 6.07) is 14.7. The number of anilines is 2. The van der Waals surface area contributed by atoms with Crippen molar-refractivity contribution in [2.24, 2.45) is 0 Å². The number of nitro benzene ring substituents is 1. The first kappa shape index (κ1) is 23.2. The van der Waals surface area contributed by atoms with Crippen LogP contribution in [-0.2, 0) is 20.4 Å². The van der Waals surface area contributed by atoms with Crippen molar-refractivity contribution in [1.82, 2.24) is 4.98 Å². The van der Waals surface area contributed by atoms with Crippen LogP contribution in [0.5, 0.6) is 0 Å². The Bertz CT molecular complexity index is 1220. The molecule has 166 valence electrons. The van der Waals surface area contributed by atoms with Gasteiger partial charge in [-0.1, -0.05) is 6.07 Å². The second-order valence-corrected chi connectivity index (χ2v) is 9.85. The normalized spacial score (nSPS) is 11.0. The number of benzene rings is 2. The van der Waals surface area contributed by atoms with E-state index >= 15 is 0 Å². The van der Waals surface area contributed by atoms with Crippen LogP contribution in [0.4, 0.5) is 17.1 Å². The summed E-state index contributed by atoms with van der Waals surface area (Å²) >= 11 is 1.64. The van der Waals surface area contributed by atoms with Gasteiger partial charge in [-0.3, -0.25) is 19.9 Å². The van der Waals surface area contributed by atoms with Crippen molar-refractivity contribution in [2.45, 2.75) is 15.5 Å². The summed E-state index contributed by atoms with van der Waals surface area (Å²) in [5.41, 5.74) is 1.33. The Morgan fingerprint density at radius 2 is 1.91 bits per heavy atom. The highest BCUT2D eigenvalue weighted by Gasteiger charge is 2.19. The van der Waals surface area contributed by atoms with Crippen molar-refractivity contribution in [2.75, 3.05) is 23.4 Å². The first-order chi connectivity index (χ1) is 15.2. The highest BCUT2D eigenvalue weighted by molar-refractivity contribution is 7.98. The van der Waals surface area contributed by atoms with Gasteiger partial charge in [-0.05, 0) is 48.0 Å². The molecule has 1 heterocycles. The van der Waals surface area contributed by atoms with Crippen LogP contribution in [0.25, 0.3) is 0 Å². The average molecular weight is 473 g/mol. The smallest absolute Gasteiger partial charge is 0.293 e. The molecule has 9 nitrogen and oxygen atoms in total. The fraction of sp³-hybridized carbons (Fsp3) is 0.143. The van der Waals surface area contributed by atoms with Crippen LogP contribution in [0.15, 0.2) is 76.8 Å². The van der Waals surface area contributed by atoms with Crippen LogP contribution >= 0.6 is 11.8 Å². The van der Waals surface area contributed by atoms with Crippen molar-refractivity contribution in [3.63, 3.8) is 0 Å². The van der Waals surface area contributed by atoms with Gasteiger partial charge >= 0.3 is 0 Å². The van der Waals surface area contributed by atoms with Crippen LogP contribution in [0.1, 0.15) is 5.56 Å². The lowest BCUT2D eigenvalue weighted by molar-refractivity contribution is -0.384. The molecule has 0 unspecified atom stereocenters. The van der Waals surface area contributed by atoms with Crippen molar-refractivity contribution in [3.8, 4) is 0 Å². The molecular weight excluding hydrogens is 452 g/mol. The Morgan fingerprint density at radius 1 is 1.16 bits per heavy atom. The maximum absolute atomic E-state index is 12.2. The molecule has 32 heavy (non-hydrogen) atoms. The van der Waals surface area contributed by atoms with Gasteiger partial charge in [-0.2, -0.15) is 0 Å². The van der Waals surface area contributed by atoms with Crippen LogP contribution in [-0.4, -0.2) is 37.0 Å². The van der Waals surface area contributed by atoms with Crippen LogP contribution in [0.2, 0.25) is 0 Å². The van der Waals surface area contributed by atoms with E-state index in [0.717, 1.165) is 28.5 Å². The van der Waals surface area contributed by atoms with Crippen molar-refractivity contribution in [1.29, 1.82) is 0 Å². The van der Waals surface area contributed by atoms with E-state index in [0.29, 0.717) is 5.69 Å². The Labute approximate surface area is 189 Å². The largest absolute Gasteiger partial charge is 0.371 e. The SMILES string of the molecule is CS(=O)(=O)c1ccc(NCC(=O)Nc2ccc(SCc3cccnc3)cc2)c([N+](=O)[O-])c1.